The lowest BCUT2D eigenvalue weighted by Crippen LogP contribution is -2.23. The molecule has 0 saturated heterocycles. The molecule has 0 fully saturated rings. The number of aromatic amines is 1. The molecule has 0 saturated carbocycles. The maximum absolute atomic E-state index is 13.8. The minimum absolute atomic E-state index is 0.101. The molecule has 0 aliphatic heterocycles. The first-order chi connectivity index (χ1) is 18.4. The fraction of sp³-hybridized carbons (Fsp3) is 0.115. The Morgan fingerprint density at radius 3 is 2.63 bits per heavy atom. The number of hydrogen-bond acceptors (Lipinski definition) is 8. The molecule has 0 radical (unpaired) electrons. The predicted molar refractivity (Wildman–Crippen MR) is 145 cm³/mol. The summed E-state index contributed by atoms with van der Waals surface area (Å²) in [7, 11) is 3.01. The molecule has 0 aliphatic rings. The van der Waals surface area contributed by atoms with E-state index in [-0.39, 0.29) is 22.2 Å². The fourth-order valence-corrected chi connectivity index (χ4v) is 4.86. The third-order valence-corrected chi connectivity index (χ3v) is 6.73. The molecule has 0 unspecified atom stereocenters. The number of methoxy groups -OCH3 is 2. The third kappa shape index (κ3) is 4.64. The lowest BCUT2D eigenvalue weighted by atomic mass is 10.2. The van der Waals surface area contributed by atoms with Gasteiger partial charge in [0.15, 0.2) is 16.7 Å². The number of carbonyl (C=O) groups is 1. The molecule has 11 nitrogen and oxygen atoms in total. The Labute approximate surface area is 219 Å². The summed E-state index contributed by atoms with van der Waals surface area (Å²) in [5.41, 5.74) is 1.86. The molecule has 3 aromatic carbocycles. The molecule has 0 bridgehead atoms. The Morgan fingerprint density at radius 1 is 1.08 bits per heavy atom. The number of carbonyl (C=O) groups excluding carboxylic acids is 1. The zero-order valence-electron chi connectivity index (χ0n) is 20.3. The maximum atomic E-state index is 13.8. The Balaban J connectivity index is 1.55. The largest absolute Gasteiger partial charge is 0.493 e. The van der Waals surface area contributed by atoms with E-state index in [1.54, 1.807) is 24.3 Å². The smallest absolute Gasteiger partial charge is 0.283 e. The van der Waals surface area contributed by atoms with E-state index in [2.05, 4.69) is 10.3 Å². The fourth-order valence-electron chi connectivity index (χ4n) is 4.06. The molecule has 0 aliphatic carbocycles. The van der Waals surface area contributed by atoms with E-state index >= 15 is 0 Å². The Kier molecular flexibility index (Phi) is 6.71. The van der Waals surface area contributed by atoms with Gasteiger partial charge in [-0.05, 0) is 24.3 Å². The number of anilines is 1. The van der Waals surface area contributed by atoms with Crippen LogP contribution in [0.5, 0.6) is 11.5 Å². The van der Waals surface area contributed by atoms with Gasteiger partial charge < -0.3 is 19.8 Å². The Hall–Kier alpha value is -4.84. The predicted octanol–water partition coefficient (Wildman–Crippen LogP) is 4.52. The van der Waals surface area contributed by atoms with Gasteiger partial charge in [-0.1, -0.05) is 36.0 Å². The van der Waals surface area contributed by atoms with E-state index in [0.29, 0.717) is 33.9 Å². The van der Waals surface area contributed by atoms with Crippen molar-refractivity contribution in [2.45, 2.75) is 5.16 Å². The van der Waals surface area contributed by atoms with Gasteiger partial charge in [-0.15, -0.1) is 0 Å². The van der Waals surface area contributed by atoms with E-state index < -0.39 is 10.8 Å². The van der Waals surface area contributed by atoms with Crippen molar-refractivity contribution < 1.29 is 19.2 Å². The van der Waals surface area contributed by atoms with Crippen molar-refractivity contribution in [3.63, 3.8) is 0 Å². The number of amides is 1. The van der Waals surface area contributed by atoms with E-state index in [1.165, 1.54) is 37.0 Å². The van der Waals surface area contributed by atoms with E-state index in [4.69, 9.17) is 14.5 Å². The zero-order chi connectivity index (χ0) is 26.8. The zero-order valence-corrected chi connectivity index (χ0v) is 21.1. The second-order valence-corrected chi connectivity index (χ2v) is 9.06. The van der Waals surface area contributed by atoms with Crippen LogP contribution in [-0.4, -0.2) is 45.3 Å². The summed E-state index contributed by atoms with van der Waals surface area (Å²) in [5, 5.41) is 14.8. The van der Waals surface area contributed by atoms with E-state index in [9.17, 15) is 19.7 Å². The molecule has 0 spiro atoms. The summed E-state index contributed by atoms with van der Waals surface area (Å²) in [4.78, 5) is 44.9. The number of nitro groups is 1. The Bertz CT molecular complexity index is 1760. The molecule has 2 aromatic heterocycles. The number of H-pyrrole nitrogens is 1. The molecule has 0 atom stereocenters. The minimum atomic E-state index is -0.535. The van der Waals surface area contributed by atoms with Crippen molar-refractivity contribution in [2.75, 3.05) is 25.3 Å². The summed E-state index contributed by atoms with van der Waals surface area (Å²) in [5.74, 6) is 0.404. The summed E-state index contributed by atoms with van der Waals surface area (Å²) in [6.07, 6.45) is 0. The first kappa shape index (κ1) is 24.8. The van der Waals surface area contributed by atoms with Crippen LogP contribution >= 0.6 is 11.8 Å². The highest BCUT2D eigenvalue weighted by Crippen LogP contribution is 2.31. The average Bonchev–Trinajstić information content (AvgIpc) is 3.31. The van der Waals surface area contributed by atoms with Crippen molar-refractivity contribution in [2.24, 2.45) is 0 Å². The van der Waals surface area contributed by atoms with E-state index in [1.807, 2.05) is 24.3 Å². The highest BCUT2D eigenvalue weighted by atomic mass is 32.2. The first-order valence-corrected chi connectivity index (χ1v) is 12.3. The molecule has 1 amide bonds. The number of thioether (sulfide) groups is 1. The van der Waals surface area contributed by atoms with Gasteiger partial charge in [0, 0.05) is 34.8 Å². The summed E-state index contributed by atoms with van der Waals surface area (Å²) in [6, 6.07) is 18.1. The van der Waals surface area contributed by atoms with Crippen LogP contribution in [0.2, 0.25) is 0 Å². The van der Waals surface area contributed by atoms with Crippen molar-refractivity contribution in [1.29, 1.82) is 0 Å². The summed E-state index contributed by atoms with van der Waals surface area (Å²) in [6.45, 7) is 0. The number of benzene rings is 3. The number of ether oxygens (including phenoxy) is 2. The van der Waals surface area contributed by atoms with Crippen LogP contribution in [0, 0.1) is 10.1 Å². The topological polar surface area (TPSA) is 141 Å². The molecule has 12 heteroatoms. The van der Waals surface area contributed by atoms with Gasteiger partial charge in [0.05, 0.1) is 30.6 Å². The van der Waals surface area contributed by atoms with Crippen LogP contribution < -0.4 is 20.3 Å². The van der Waals surface area contributed by atoms with Crippen LogP contribution in [0.3, 0.4) is 0 Å². The first-order valence-electron chi connectivity index (χ1n) is 11.3. The summed E-state index contributed by atoms with van der Waals surface area (Å²) < 4.78 is 12.1. The standard InChI is InChI=1S/C26H21N5O6S/c1-36-20-11-10-16(13-21(20)37-2)30-25(33)24-23(18-8-3-4-9-19(18)28-24)29-26(30)38-14-22(32)27-15-6-5-7-17(12-15)31(34)35/h3-13,28H,14H2,1-2H3,(H,27,32). The SMILES string of the molecule is COc1ccc(-n2c(SCC(=O)Nc3cccc([N+](=O)[O-])c3)nc3c([nH]c4ccccc43)c2=O)cc1OC. The molecular formula is C26H21N5O6S. The molecular weight excluding hydrogens is 510 g/mol. The van der Waals surface area contributed by atoms with Gasteiger partial charge in [-0.3, -0.25) is 24.3 Å². The summed E-state index contributed by atoms with van der Waals surface area (Å²) >= 11 is 1.06. The Morgan fingerprint density at radius 2 is 1.87 bits per heavy atom. The lowest BCUT2D eigenvalue weighted by Gasteiger charge is -2.14. The number of hydrogen-bond donors (Lipinski definition) is 2. The van der Waals surface area contributed by atoms with Crippen molar-refractivity contribution in [3.8, 4) is 17.2 Å². The normalized spacial score (nSPS) is 11.0. The van der Waals surface area contributed by atoms with E-state index in [0.717, 1.165) is 22.7 Å². The minimum Gasteiger partial charge on any atom is -0.493 e. The molecule has 192 valence electrons. The highest BCUT2D eigenvalue weighted by Gasteiger charge is 2.19. The van der Waals surface area contributed by atoms with Crippen molar-refractivity contribution in [3.05, 3.63) is 87.2 Å². The lowest BCUT2D eigenvalue weighted by molar-refractivity contribution is -0.384. The maximum Gasteiger partial charge on any atom is 0.283 e. The number of non-ortho nitro benzene ring substituents is 1. The molecule has 5 rings (SSSR count). The third-order valence-electron chi connectivity index (χ3n) is 5.79. The number of nitro benzene ring substituents is 1. The van der Waals surface area contributed by atoms with Gasteiger partial charge >= 0.3 is 0 Å². The second-order valence-electron chi connectivity index (χ2n) is 8.11. The number of nitrogens with one attached hydrogen (secondary N) is 2. The second kappa shape index (κ2) is 10.3. The van der Waals surface area contributed by atoms with Crippen molar-refractivity contribution >= 4 is 51.0 Å². The number of aromatic nitrogens is 3. The van der Waals surface area contributed by atoms with Gasteiger partial charge in [0.1, 0.15) is 11.0 Å². The van der Waals surface area contributed by atoms with Gasteiger partial charge in [-0.2, -0.15) is 0 Å². The number of fused-ring (bicyclic) bond motifs is 3. The highest BCUT2D eigenvalue weighted by molar-refractivity contribution is 7.99. The molecule has 38 heavy (non-hydrogen) atoms. The van der Waals surface area contributed by atoms with Crippen LogP contribution in [-0.2, 0) is 4.79 Å². The molecule has 5 aromatic rings. The average molecular weight is 532 g/mol. The van der Waals surface area contributed by atoms with Crippen LogP contribution in [0.25, 0.3) is 27.6 Å². The van der Waals surface area contributed by atoms with Crippen molar-refractivity contribution in [1.82, 2.24) is 14.5 Å². The van der Waals surface area contributed by atoms with Crippen LogP contribution in [0.1, 0.15) is 0 Å². The molecule has 2 N–H and O–H groups in total. The monoisotopic (exact) mass is 531 g/mol. The van der Waals surface area contributed by atoms with Gasteiger partial charge in [-0.25, -0.2) is 4.98 Å². The number of rotatable bonds is 8. The van der Waals surface area contributed by atoms with Gasteiger partial charge in [0.2, 0.25) is 5.91 Å². The van der Waals surface area contributed by atoms with Crippen LogP contribution in [0.15, 0.2) is 76.7 Å². The molecule has 2 heterocycles. The number of para-hydroxylation sites is 1. The van der Waals surface area contributed by atoms with Gasteiger partial charge in [0.25, 0.3) is 11.2 Å². The number of nitrogens with zero attached hydrogens (tertiary/aromatic N) is 3. The quantitative estimate of drug-likeness (QED) is 0.129. The van der Waals surface area contributed by atoms with Crippen LogP contribution in [0.4, 0.5) is 11.4 Å².